The number of primary amides is 1. The van der Waals surface area contributed by atoms with Crippen molar-refractivity contribution in [3.63, 3.8) is 0 Å². The quantitative estimate of drug-likeness (QED) is 0.674. The molecule has 0 aliphatic heterocycles. The van der Waals surface area contributed by atoms with Gasteiger partial charge in [-0.1, -0.05) is 13.3 Å². The molecule has 0 saturated carbocycles. The highest BCUT2D eigenvalue weighted by molar-refractivity contribution is 5.75. The number of hydrogen-bond acceptors (Lipinski definition) is 5. The predicted octanol–water partition coefficient (Wildman–Crippen LogP) is 0.687. The van der Waals surface area contributed by atoms with Crippen LogP contribution in [0.2, 0.25) is 0 Å². The molecule has 6 nitrogen and oxygen atoms in total. The normalized spacial score (nSPS) is 12.1. The van der Waals surface area contributed by atoms with Crippen LogP contribution in [-0.2, 0) is 11.2 Å². The maximum absolute atomic E-state index is 10.8. The molecule has 0 aliphatic rings. The molecule has 1 heterocycles. The Bertz CT molecular complexity index is 393. The van der Waals surface area contributed by atoms with Crippen molar-refractivity contribution in [1.82, 2.24) is 9.97 Å². The van der Waals surface area contributed by atoms with Gasteiger partial charge in [-0.05, 0) is 13.3 Å². The van der Waals surface area contributed by atoms with Gasteiger partial charge in [-0.15, -0.1) is 0 Å². The minimum atomic E-state index is -0.343. The molecule has 17 heavy (non-hydrogen) atoms. The summed E-state index contributed by atoms with van der Waals surface area (Å²) >= 11 is 0. The monoisotopic (exact) mass is 237 g/mol. The van der Waals surface area contributed by atoms with Crippen molar-refractivity contribution in [3.8, 4) is 0 Å². The number of rotatable bonds is 6. The molecule has 0 radical (unpaired) electrons. The maximum atomic E-state index is 10.8. The van der Waals surface area contributed by atoms with E-state index >= 15 is 0 Å². The van der Waals surface area contributed by atoms with Crippen LogP contribution in [0.3, 0.4) is 0 Å². The van der Waals surface area contributed by atoms with Gasteiger partial charge in [0, 0.05) is 18.0 Å². The fourth-order valence-electron chi connectivity index (χ4n) is 1.63. The summed E-state index contributed by atoms with van der Waals surface area (Å²) in [5.41, 5.74) is 11.8. The Morgan fingerprint density at radius 2 is 2.24 bits per heavy atom. The molecule has 1 atom stereocenters. The van der Waals surface area contributed by atoms with E-state index in [0.29, 0.717) is 11.6 Å². The fraction of sp³-hybridized carbons (Fsp3) is 0.545. The molecule has 94 valence electrons. The summed E-state index contributed by atoms with van der Waals surface area (Å²) < 4.78 is 0. The van der Waals surface area contributed by atoms with Crippen LogP contribution < -0.4 is 16.8 Å². The van der Waals surface area contributed by atoms with E-state index in [2.05, 4.69) is 22.2 Å². The van der Waals surface area contributed by atoms with Crippen LogP contribution in [0.4, 0.5) is 11.6 Å². The number of anilines is 2. The second-order valence-corrected chi connectivity index (χ2v) is 4.05. The average molecular weight is 237 g/mol. The zero-order chi connectivity index (χ0) is 12.8. The first-order valence-corrected chi connectivity index (χ1v) is 5.68. The molecule has 0 bridgehead atoms. The number of nitrogens with one attached hydrogen (secondary N) is 1. The summed E-state index contributed by atoms with van der Waals surface area (Å²) in [5, 5.41) is 3.14. The highest BCUT2D eigenvalue weighted by Crippen LogP contribution is 2.20. The first-order valence-electron chi connectivity index (χ1n) is 5.68. The second kappa shape index (κ2) is 6.03. The van der Waals surface area contributed by atoms with Gasteiger partial charge >= 0.3 is 0 Å². The lowest BCUT2D eigenvalue weighted by Gasteiger charge is -2.16. The van der Waals surface area contributed by atoms with Crippen LogP contribution in [0.25, 0.3) is 0 Å². The molecule has 5 N–H and O–H groups in total. The van der Waals surface area contributed by atoms with E-state index in [4.69, 9.17) is 11.5 Å². The molecule has 0 spiro atoms. The third-order valence-electron chi connectivity index (χ3n) is 2.37. The SMILES string of the molecule is CCCc1c(N)ncnc1NC(C)CC(N)=O. The largest absolute Gasteiger partial charge is 0.383 e. The van der Waals surface area contributed by atoms with E-state index in [1.165, 1.54) is 6.33 Å². The standard InChI is InChI=1S/C11H19N5O/c1-3-4-8-10(13)14-6-15-11(8)16-7(2)5-9(12)17/h6-7H,3-5H2,1-2H3,(H2,12,17)(H3,13,14,15,16). The topological polar surface area (TPSA) is 107 Å². The third-order valence-corrected chi connectivity index (χ3v) is 2.37. The van der Waals surface area contributed by atoms with E-state index in [1.807, 2.05) is 6.92 Å². The van der Waals surface area contributed by atoms with Gasteiger partial charge in [0.05, 0.1) is 0 Å². The van der Waals surface area contributed by atoms with Crippen molar-refractivity contribution in [2.24, 2.45) is 5.73 Å². The van der Waals surface area contributed by atoms with E-state index in [9.17, 15) is 4.79 Å². The Balaban J connectivity index is 2.82. The lowest BCUT2D eigenvalue weighted by atomic mass is 10.1. The van der Waals surface area contributed by atoms with Gasteiger partial charge in [0.15, 0.2) is 0 Å². The molecule has 0 saturated heterocycles. The van der Waals surface area contributed by atoms with Crippen molar-refractivity contribution in [2.75, 3.05) is 11.1 Å². The summed E-state index contributed by atoms with van der Waals surface area (Å²) in [7, 11) is 0. The van der Waals surface area contributed by atoms with E-state index in [0.717, 1.165) is 18.4 Å². The molecular formula is C11H19N5O. The molecule has 1 rings (SSSR count). The minimum Gasteiger partial charge on any atom is -0.383 e. The number of carbonyl (C=O) groups is 1. The molecule has 1 aromatic rings. The highest BCUT2D eigenvalue weighted by Gasteiger charge is 2.12. The third kappa shape index (κ3) is 3.90. The number of nitrogens with two attached hydrogens (primary N) is 2. The Labute approximate surface area is 101 Å². The Hall–Kier alpha value is -1.85. The van der Waals surface area contributed by atoms with E-state index in [-0.39, 0.29) is 18.4 Å². The van der Waals surface area contributed by atoms with Crippen molar-refractivity contribution in [2.45, 2.75) is 39.2 Å². The first-order chi connectivity index (χ1) is 8.04. The number of nitrogens with zero attached hydrogens (tertiary/aromatic N) is 2. The van der Waals surface area contributed by atoms with Crippen LogP contribution in [-0.4, -0.2) is 21.9 Å². The number of amides is 1. The average Bonchev–Trinajstić information content (AvgIpc) is 2.22. The summed E-state index contributed by atoms with van der Waals surface area (Å²) in [6, 6.07) is -0.0718. The van der Waals surface area contributed by atoms with E-state index < -0.39 is 0 Å². The predicted molar refractivity (Wildman–Crippen MR) is 67.3 cm³/mol. The molecule has 1 amide bonds. The van der Waals surface area contributed by atoms with Gasteiger partial charge in [-0.25, -0.2) is 9.97 Å². The molecule has 0 aromatic carbocycles. The van der Waals surface area contributed by atoms with Crippen molar-refractivity contribution >= 4 is 17.5 Å². The number of hydrogen-bond donors (Lipinski definition) is 3. The van der Waals surface area contributed by atoms with Gasteiger partial charge in [0.1, 0.15) is 18.0 Å². The lowest BCUT2D eigenvalue weighted by Crippen LogP contribution is -2.25. The summed E-state index contributed by atoms with van der Waals surface area (Å²) in [5.74, 6) is 0.827. The zero-order valence-corrected chi connectivity index (χ0v) is 10.2. The van der Waals surface area contributed by atoms with Gasteiger partial charge in [0.25, 0.3) is 0 Å². The summed E-state index contributed by atoms with van der Waals surface area (Å²) in [4.78, 5) is 18.9. The summed E-state index contributed by atoms with van der Waals surface area (Å²) in [6.07, 6.45) is 3.43. The van der Waals surface area contributed by atoms with Crippen molar-refractivity contribution < 1.29 is 4.79 Å². The van der Waals surface area contributed by atoms with Crippen LogP contribution in [0.1, 0.15) is 32.3 Å². The number of aromatic nitrogens is 2. The fourth-order valence-corrected chi connectivity index (χ4v) is 1.63. The van der Waals surface area contributed by atoms with Crippen LogP contribution in [0.5, 0.6) is 0 Å². The van der Waals surface area contributed by atoms with Gasteiger partial charge in [0.2, 0.25) is 5.91 Å². The van der Waals surface area contributed by atoms with Gasteiger partial charge in [-0.2, -0.15) is 0 Å². The molecule has 6 heteroatoms. The zero-order valence-electron chi connectivity index (χ0n) is 10.2. The highest BCUT2D eigenvalue weighted by atomic mass is 16.1. The Morgan fingerprint density at radius 1 is 1.53 bits per heavy atom. The van der Waals surface area contributed by atoms with E-state index in [1.54, 1.807) is 0 Å². The van der Waals surface area contributed by atoms with Gasteiger partial charge < -0.3 is 16.8 Å². The number of nitrogen functional groups attached to an aromatic ring is 1. The van der Waals surface area contributed by atoms with Crippen molar-refractivity contribution in [1.29, 1.82) is 0 Å². The second-order valence-electron chi connectivity index (χ2n) is 4.05. The molecule has 0 aliphatic carbocycles. The molecular weight excluding hydrogens is 218 g/mol. The smallest absolute Gasteiger partial charge is 0.219 e. The van der Waals surface area contributed by atoms with Crippen molar-refractivity contribution in [3.05, 3.63) is 11.9 Å². The molecule has 0 fully saturated rings. The van der Waals surface area contributed by atoms with Crippen LogP contribution >= 0.6 is 0 Å². The van der Waals surface area contributed by atoms with Crippen LogP contribution in [0.15, 0.2) is 6.33 Å². The minimum absolute atomic E-state index is 0.0718. The first kappa shape index (κ1) is 13.2. The van der Waals surface area contributed by atoms with Gasteiger partial charge in [-0.3, -0.25) is 4.79 Å². The number of carbonyl (C=O) groups excluding carboxylic acids is 1. The lowest BCUT2D eigenvalue weighted by molar-refractivity contribution is -0.118. The maximum Gasteiger partial charge on any atom is 0.219 e. The Morgan fingerprint density at radius 3 is 2.82 bits per heavy atom. The Kier molecular flexibility index (Phi) is 4.68. The molecule has 1 unspecified atom stereocenters. The van der Waals surface area contributed by atoms with Crippen LogP contribution in [0, 0.1) is 0 Å². The summed E-state index contributed by atoms with van der Waals surface area (Å²) in [6.45, 7) is 3.93. The molecule has 1 aromatic heterocycles.